The molecule has 0 rings (SSSR count). The van der Waals surface area contributed by atoms with E-state index in [1.165, 1.54) is 0 Å². The first-order valence-electron chi connectivity index (χ1n) is 5.85. The van der Waals surface area contributed by atoms with Crippen molar-refractivity contribution >= 4 is 30.4 Å². The Labute approximate surface area is 173 Å². The van der Waals surface area contributed by atoms with E-state index in [9.17, 15) is 57.4 Å². The monoisotopic (exact) mass is 536 g/mol. The van der Waals surface area contributed by atoms with Crippen LogP contribution < -0.4 is 76.1 Å². The predicted molar refractivity (Wildman–Crippen MR) is 99.2 cm³/mol. The fraction of sp³-hybridized carbons (Fsp3) is 1.00. The van der Waals surface area contributed by atoms with Crippen molar-refractivity contribution in [2.45, 2.75) is 0 Å². The number of hydrogen-bond acceptors (Lipinski definition) is 14. The second-order valence-electron chi connectivity index (χ2n) is 4.80. The van der Waals surface area contributed by atoms with Crippen LogP contribution in [0.25, 0.3) is 0 Å². The van der Waals surface area contributed by atoms with Gasteiger partial charge in [0.2, 0.25) is 0 Å². The SMILES string of the molecule is O=P([O-])([O-])CN(CCN(CP(=O)([O-])[O-])CP(=O)([O-])[O-])CP(=O)([O-])[O-].[NH4+].[NH4+].[NH4+].[NH4+].[NH4+].[NH4+]. The molecular formula is C6H36N8O12P4-2. The molecule has 24 heteroatoms. The van der Waals surface area contributed by atoms with Gasteiger partial charge in [-0.3, -0.25) is 9.80 Å². The molecule has 20 nitrogen and oxygen atoms in total. The standard InChI is InChI=1S/C6H20N2O12P4.6H3N/c9-21(10,11)3-7(4-22(12,13)14)1-2-8(5-23(15,16)17)6-24(18,19)20;;;;;;/h1-6H2,(H2,9,10,11)(H2,12,13,14)(H2,15,16,17)(H2,18,19,20);6*1H3/p-2. The van der Waals surface area contributed by atoms with Gasteiger partial charge in [0.25, 0.3) is 0 Å². The van der Waals surface area contributed by atoms with Crippen LogP contribution in [0.1, 0.15) is 0 Å². The summed E-state index contributed by atoms with van der Waals surface area (Å²) >= 11 is 0. The van der Waals surface area contributed by atoms with Gasteiger partial charge >= 0.3 is 0 Å². The Hall–Kier alpha value is 0.280. The Balaban J connectivity index is -0.000000176. The van der Waals surface area contributed by atoms with E-state index in [0.29, 0.717) is 9.80 Å². The van der Waals surface area contributed by atoms with E-state index in [-0.39, 0.29) is 36.9 Å². The number of nitrogens with zero attached hydrogens (tertiary/aromatic N) is 2. The second-order valence-corrected chi connectivity index (χ2v) is 10.8. The fourth-order valence-electron chi connectivity index (χ4n) is 1.63. The quantitative estimate of drug-likeness (QED) is 0.135. The minimum Gasteiger partial charge on any atom is -0.810 e. The highest BCUT2D eigenvalue weighted by Gasteiger charge is 2.14. The van der Waals surface area contributed by atoms with Crippen molar-refractivity contribution < 1.29 is 57.4 Å². The molecular weight excluding hydrogens is 500 g/mol. The van der Waals surface area contributed by atoms with Crippen LogP contribution in [0.3, 0.4) is 0 Å². The van der Waals surface area contributed by atoms with Gasteiger partial charge in [0.1, 0.15) is 0 Å². The van der Waals surface area contributed by atoms with Crippen molar-refractivity contribution in [2.75, 3.05) is 38.2 Å². The first kappa shape index (κ1) is 47.9. The summed E-state index contributed by atoms with van der Waals surface area (Å²) in [4.78, 5) is 85.9. The first-order chi connectivity index (χ1) is 10.4. The normalized spacial score (nSPS) is 11.7. The highest BCUT2D eigenvalue weighted by atomic mass is 31.2. The van der Waals surface area contributed by atoms with Gasteiger partial charge < -0.3 is 94.3 Å². The molecule has 0 spiro atoms. The van der Waals surface area contributed by atoms with Crippen molar-refractivity contribution in [1.82, 2.24) is 46.7 Å². The maximum atomic E-state index is 10.7. The number of rotatable bonds is 11. The molecule has 0 aromatic heterocycles. The van der Waals surface area contributed by atoms with Gasteiger partial charge in [0.15, 0.2) is 0 Å². The predicted octanol–water partition coefficient (Wildman–Crippen LogP) is -4.67. The lowest BCUT2D eigenvalue weighted by Crippen LogP contribution is -2.43. The van der Waals surface area contributed by atoms with E-state index in [1.54, 1.807) is 0 Å². The van der Waals surface area contributed by atoms with Gasteiger partial charge in [0, 0.05) is 38.2 Å². The molecule has 0 saturated carbocycles. The smallest absolute Gasteiger partial charge is 0.0264 e. The molecule has 194 valence electrons. The molecule has 0 saturated heterocycles. The van der Waals surface area contributed by atoms with Gasteiger partial charge in [-0.2, -0.15) is 0 Å². The summed E-state index contributed by atoms with van der Waals surface area (Å²) in [6.07, 6.45) is -5.63. The summed E-state index contributed by atoms with van der Waals surface area (Å²) in [5, 5.41) is 0. The lowest BCUT2D eigenvalue weighted by molar-refractivity contribution is -0.322. The molecule has 0 atom stereocenters. The van der Waals surface area contributed by atoms with Crippen LogP contribution in [0.2, 0.25) is 0 Å². The van der Waals surface area contributed by atoms with Gasteiger partial charge in [-0.05, 0) is 0 Å². The first-order valence-corrected chi connectivity index (χ1v) is 12.8. The zero-order valence-electron chi connectivity index (χ0n) is 17.8. The van der Waals surface area contributed by atoms with Crippen LogP contribution in [0.4, 0.5) is 0 Å². The van der Waals surface area contributed by atoms with Gasteiger partial charge in [-0.15, -0.1) is 0 Å². The van der Waals surface area contributed by atoms with Gasteiger partial charge in [-0.25, -0.2) is 0 Å². The highest BCUT2D eigenvalue weighted by Crippen LogP contribution is 2.32. The molecule has 0 aliphatic carbocycles. The van der Waals surface area contributed by atoms with Crippen molar-refractivity contribution in [1.29, 1.82) is 0 Å². The average Bonchev–Trinajstić information content (AvgIpc) is 2.16. The Bertz CT molecular complexity index is 502. The third-order valence-electron chi connectivity index (χ3n) is 2.23. The van der Waals surface area contributed by atoms with Crippen molar-refractivity contribution in [3.8, 4) is 0 Å². The zero-order chi connectivity index (χ0) is 19.4. The molecule has 0 fully saturated rings. The molecule has 0 heterocycles. The van der Waals surface area contributed by atoms with E-state index in [1.807, 2.05) is 0 Å². The zero-order valence-corrected chi connectivity index (χ0v) is 21.4. The molecule has 0 aromatic rings. The minimum atomic E-state index is -5.30. The van der Waals surface area contributed by atoms with Gasteiger partial charge in [0.05, 0.1) is 0 Å². The van der Waals surface area contributed by atoms with Crippen LogP contribution >= 0.6 is 30.4 Å². The molecule has 0 bridgehead atoms. The van der Waals surface area contributed by atoms with Crippen LogP contribution in [0.15, 0.2) is 0 Å². The average molecular weight is 536 g/mol. The number of hydrogen-bond donors (Lipinski definition) is 6. The van der Waals surface area contributed by atoms with Gasteiger partial charge in [-0.1, -0.05) is 30.4 Å². The molecule has 0 aliphatic rings. The summed E-state index contributed by atoms with van der Waals surface area (Å²) in [7, 11) is -21.2. The van der Waals surface area contributed by atoms with Crippen LogP contribution in [0, 0.1) is 0 Å². The van der Waals surface area contributed by atoms with E-state index in [4.69, 9.17) is 0 Å². The van der Waals surface area contributed by atoms with E-state index in [2.05, 4.69) is 0 Å². The topological polar surface area (TPSA) is 478 Å². The molecule has 0 aliphatic heterocycles. The summed E-state index contributed by atoms with van der Waals surface area (Å²) in [5.41, 5.74) is 0. The second kappa shape index (κ2) is 17.8. The Morgan fingerprint density at radius 2 is 0.533 bits per heavy atom. The van der Waals surface area contributed by atoms with Crippen molar-refractivity contribution in [3.63, 3.8) is 0 Å². The molecule has 0 radical (unpaired) electrons. The summed E-state index contributed by atoms with van der Waals surface area (Å²) < 4.78 is 42.7. The van der Waals surface area contributed by atoms with Crippen molar-refractivity contribution in [3.05, 3.63) is 0 Å². The Kier molecular flexibility index (Phi) is 28.4. The lowest BCUT2D eigenvalue weighted by atomic mass is 10.5. The van der Waals surface area contributed by atoms with Crippen LogP contribution in [-0.2, 0) is 18.3 Å². The molecule has 0 unspecified atom stereocenters. The van der Waals surface area contributed by atoms with E-state index in [0.717, 1.165) is 0 Å². The van der Waals surface area contributed by atoms with Crippen molar-refractivity contribution in [2.24, 2.45) is 0 Å². The molecule has 30 heavy (non-hydrogen) atoms. The van der Waals surface area contributed by atoms with Crippen LogP contribution in [0.5, 0.6) is 0 Å². The third kappa shape index (κ3) is 32.9. The summed E-state index contributed by atoms with van der Waals surface area (Å²) in [6, 6.07) is 0. The summed E-state index contributed by atoms with van der Waals surface area (Å²) in [6.45, 7) is -1.55. The minimum absolute atomic E-state index is 0. The lowest BCUT2D eigenvalue weighted by Gasteiger charge is -2.44. The molecule has 24 N–H and O–H groups in total. The van der Waals surface area contributed by atoms with Crippen LogP contribution in [-0.4, -0.2) is 48.0 Å². The maximum absolute atomic E-state index is 10.7. The van der Waals surface area contributed by atoms with E-state index < -0.39 is 68.6 Å². The Morgan fingerprint density at radius 3 is 0.633 bits per heavy atom. The number of quaternary nitrogens is 6. The fourth-order valence-corrected chi connectivity index (χ4v) is 4.88. The Morgan fingerprint density at radius 1 is 0.400 bits per heavy atom. The van der Waals surface area contributed by atoms with E-state index >= 15 is 0 Å². The summed E-state index contributed by atoms with van der Waals surface area (Å²) in [5.74, 6) is 0. The largest absolute Gasteiger partial charge is 0.810 e. The maximum Gasteiger partial charge on any atom is 0.0264 e. The third-order valence-corrected chi connectivity index (χ3v) is 5.21. The highest BCUT2D eigenvalue weighted by molar-refractivity contribution is 7.50. The molecule has 0 amide bonds. The molecule has 0 aromatic carbocycles.